The Hall–Kier alpha value is -1.60. The van der Waals surface area contributed by atoms with Crippen molar-refractivity contribution in [2.45, 2.75) is 58.4 Å². The van der Waals surface area contributed by atoms with Gasteiger partial charge in [-0.25, -0.2) is 0 Å². The highest BCUT2D eigenvalue weighted by atomic mass is 35.5. The Bertz CT molecular complexity index is 823. The second kappa shape index (κ2) is 8.74. The quantitative estimate of drug-likeness (QED) is 0.588. The van der Waals surface area contributed by atoms with E-state index in [4.69, 9.17) is 4.52 Å². The van der Waals surface area contributed by atoms with Crippen LogP contribution >= 0.6 is 12.4 Å². The Balaban J connectivity index is 0.00000231. The van der Waals surface area contributed by atoms with Gasteiger partial charge in [0.2, 0.25) is 5.91 Å². The molecule has 0 radical (unpaired) electrons. The molecule has 3 N–H and O–H groups in total. The lowest BCUT2D eigenvalue weighted by Crippen LogP contribution is -2.41. The number of hydrogen-bond acceptors (Lipinski definition) is 5. The van der Waals surface area contributed by atoms with Crippen LogP contribution in [0.3, 0.4) is 0 Å². The Kier molecular flexibility index (Phi) is 6.37. The summed E-state index contributed by atoms with van der Waals surface area (Å²) in [5.74, 6) is 0.607. The first-order valence-electron chi connectivity index (χ1n) is 11.6. The molecule has 1 saturated heterocycles. The zero-order chi connectivity index (χ0) is 20.9. The van der Waals surface area contributed by atoms with E-state index >= 15 is 0 Å². The number of aryl methyl sites for hydroxylation is 1. The minimum absolute atomic E-state index is 0. The summed E-state index contributed by atoms with van der Waals surface area (Å²) in [7, 11) is 0. The van der Waals surface area contributed by atoms with Gasteiger partial charge < -0.3 is 20.3 Å². The molecular weight excluding hydrogens is 418 g/mol. The topological polar surface area (TPSA) is 104 Å². The van der Waals surface area contributed by atoms with Gasteiger partial charge in [0, 0.05) is 6.07 Å². The van der Waals surface area contributed by atoms with Crippen molar-refractivity contribution in [2.75, 3.05) is 13.1 Å². The van der Waals surface area contributed by atoms with Gasteiger partial charge in [-0.05, 0) is 94.0 Å². The van der Waals surface area contributed by atoms with Crippen molar-refractivity contribution in [3.8, 4) is 0 Å². The van der Waals surface area contributed by atoms with E-state index in [9.17, 15) is 14.7 Å². The SMILES string of the molecule is Cc1cc(CNC(=O)[C@H]2[C@H](C(=O)O)[C@H]3CC[C@@H]2C32CC2CCC2CCCNC2)no1.Cl. The first-order valence-corrected chi connectivity index (χ1v) is 11.6. The number of hydrogen-bond donors (Lipinski definition) is 3. The van der Waals surface area contributed by atoms with E-state index in [1.54, 1.807) is 6.07 Å². The van der Waals surface area contributed by atoms with Gasteiger partial charge in [0.25, 0.3) is 0 Å². The lowest BCUT2D eigenvalue weighted by Gasteiger charge is -2.26. The first-order chi connectivity index (χ1) is 14.5. The molecule has 3 aliphatic carbocycles. The summed E-state index contributed by atoms with van der Waals surface area (Å²) in [6.45, 7) is 4.37. The molecule has 3 saturated carbocycles. The number of carbonyl (C=O) groups excluding carboxylic acids is 1. The number of carbonyl (C=O) groups is 2. The maximum absolute atomic E-state index is 13.1. The van der Waals surface area contributed by atoms with Gasteiger partial charge in [0.15, 0.2) is 0 Å². The summed E-state index contributed by atoms with van der Waals surface area (Å²) in [6.07, 6.45) is 8.09. The second-order valence-electron chi connectivity index (χ2n) is 10.1. The molecule has 1 spiro atoms. The predicted molar refractivity (Wildman–Crippen MR) is 117 cm³/mol. The van der Waals surface area contributed by atoms with E-state index in [1.165, 1.54) is 25.7 Å². The zero-order valence-electron chi connectivity index (χ0n) is 18.1. The molecule has 2 heterocycles. The van der Waals surface area contributed by atoms with Crippen molar-refractivity contribution in [2.24, 2.45) is 40.9 Å². The summed E-state index contributed by atoms with van der Waals surface area (Å²) >= 11 is 0. The van der Waals surface area contributed by atoms with Crippen molar-refractivity contribution in [3.63, 3.8) is 0 Å². The van der Waals surface area contributed by atoms with Crippen molar-refractivity contribution in [1.29, 1.82) is 0 Å². The lowest BCUT2D eigenvalue weighted by molar-refractivity contribution is -0.149. The minimum Gasteiger partial charge on any atom is -0.481 e. The monoisotopic (exact) mass is 451 g/mol. The fourth-order valence-corrected chi connectivity index (χ4v) is 7.42. The molecule has 4 fully saturated rings. The highest BCUT2D eigenvalue weighted by molar-refractivity contribution is 5.87. The third-order valence-electron chi connectivity index (χ3n) is 8.65. The van der Waals surface area contributed by atoms with Crippen LogP contribution in [0.2, 0.25) is 0 Å². The van der Waals surface area contributed by atoms with Crippen molar-refractivity contribution in [3.05, 3.63) is 17.5 Å². The summed E-state index contributed by atoms with van der Waals surface area (Å²) in [5, 5.41) is 20.4. The molecule has 1 aromatic heterocycles. The van der Waals surface area contributed by atoms with Crippen LogP contribution in [-0.2, 0) is 16.1 Å². The highest BCUT2D eigenvalue weighted by Crippen LogP contribution is 2.78. The number of aromatic nitrogens is 1. The van der Waals surface area contributed by atoms with Gasteiger partial charge in [-0.15, -0.1) is 12.4 Å². The molecule has 1 amide bonds. The number of halogens is 1. The average Bonchev–Trinajstić information content (AvgIpc) is 2.97. The molecule has 3 unspecified atom stereocenters. The van der Waals surface area contributed by atoms with Crippen LogP contribution < -0.4 is 10.6 Å². The van der Waals surface area contributed by atoms with Gasteiger partial charge in [0.05, 0.1) is 18.4 Å². The molecule has 7 nitrogen and oxygen atoms in total. The fourth-order valence-electron chi connectivity index (χ4n) is 7.42. The van der Waals surface area contributed by atoms with Gasteiger partial charge in [-0.3, -0.25) is 9.59 Å². The summed E-state index contributed by atoms with van der Waals surface area (Å²) in [4.78, 5) is 25.3. The van der Waals surface area contributed by atoms with Crippen LogP contribution in [0.4, 0.5) is 0 Å². The number of amides is 1. The number of nitrogens with zero attached hydrogens (tertiary/aromatic N) is 1. The van der Waals surface area contributed by atoms with E-state index in [0.29, 0.717) is 23.9 Å². The molecule has 172 valence electrons. The van der Waals surface area contributed by atoms with E-state index in [0.717, 1.165) is 38.3 Å². The number of rotatable bonds is 7. The van der Waals surface area contributed by atoms with Crippen LogP contribution in [0, 0.1) is 47.8 Å². The smallest absolute Gasteiger partial charge is 0.307 e. The van der Waals surface area contributed by atoms with Crippen molar-refractivity contribution < 1.29 is 19.2 Å². The van der Waals surface area contributed by atoms with Crippen LogP contribution in [0.1, 0.15) is 56.4 Å². The molecule has 7 atom stereocenters. The molecule has 31 heavy (non-hydrogen) atoms. The number of carboxylic acid groups (broad SMARTS) is 1. The summed E-state index contributed by atoms with van der Waals surface area (Å²) in [6, 6.07) is 1.80. The summed E-state index contributed by atoms with van der Waals surface area (Å²) < 4.78 is 5.07. The number of carboxylic acids is 1. The predicted octanol–water partition coefficient (Wildman–Crippen LogP) is 3.16. The third kappa shape index (κ3) is 3.88. The van der Waals surface area contributed by atoms with E-state index in [1.807, 2.05) is 6.92 Å². The lowest BCUT2D eigenvalue weighted by atomic mass is 9.78. The van der Waals surface area contributed by atoms with E-state index in [-0.39, 0.29) is 35.6 Å². The maximum atomic E-state index is 13.1. The average molecular weight is 452 g/mol. The number of aliphatic carboxylic acids is 1. The molecule has 8 heteroatoms. The Labute approximate surface area is 189 Å². The standard InChI is InChI=1S/C23H33N3O4.ClH/c1-13-9-16(26-30-13)12-25-21(27)19-17-6-7-18(20(19)22(28)29)23(17)10-15(23)5-4-14-3-2-8-24-11-14;/h9,14-15,17-20,24H,2-8,10-12H2,1H3,(H,25,27)(H,28,29);1H/t14?,15?,17-,18+,19+,20+,23?;/m0./s1. The van der Waals surface area contributed by atoms with Crippen LogP contribution in [0.5, 0.6) is 0 Å². The Morgan fingerprint density at radius 2 is 2.03 bits per heavy atom. The Morgan fingerprint density at radius 3 is 2.68 bits per heavy atom. The molecular formula is C23H34ClN3O4. The molecule has 4 aliphatic rings. The van der Waals surface area contributed by atoms with Crippen LogP contribution in [0.25, 0.3) is 0 Å². The van der Waals surface area contributed by atoms with Gasteiger partial charge in [-0.1, -0.05) is 5.16 Å². The zero-order valence-corrected chi connectivity index (χ0v) is 19.0. The van der Waals surface area contributed by atoms with Gasteiger partial charge in [0.1, 0.15) is 11.5 Å². The molecule has 2 bridgehead atoms. The highest BCUT2D eigenvalue weighted by Gasteiger charge is 2.75. The van der Waals surface area contributed by atoms with Gasteiger partial charge >= 0.3 is 5.97 Å². The third-order valence-corrected chi connectivity index (χ3v) is 8.65. The van der Waals surface area contributed by atoms with Crippen molar-refractivity contribution in [1.82, 2.24) is 15.8 Å². The molecule has 1 aromatic rings. The normalized spacial score (nSPS) is 38.1. The minimum atomic E-state index is -0.791. The molecule has 0 aromatic carbocycles. The van der Waals surface area contributed by atoms with E-state index in [2.05, 4.69) is 15.8 Å². The molecule has 5 rings (SSSR count). The molecule has 1 aliphatic heterocycles. The number of piperidine rings is 1. The number of nitrogens with one attached hydrogen (secondary N) is 2. The van der Waals surface area contributed by atoms with E-state index < -0.39 is 17.8 Å². The second-order valence-corrected chi connectivity index (χ2v) is 10.1. The summed E-state index contributed by atoms with van der Waals surface area (Å²) in [5.41, 5.74) is 0.786. The van der Waals surface area contributed by atoms with Crippen molar-refractivity contribution >= 4 is 24.3 Å². The maximum Gasteiger partial charge on any atom is 0.307 e. The van der Waals surface area contributed by atoms with Gasteiger partial charge in [-0.2, -0.15) is 0 Å². The van der Waals surface area contributed by atoms with Crippen LogP contribution in [0.15, 0.2) is 10.6 Å². The van der Waals surface area contributed by atoms with Crippen LogP contribution in [-0.4, -0.2) is 35.2 Å². The Morgan fingerprint density at radius 1 is 1.26 bits per heavy atom. The first kappa shape index (κ1) is 22.6. The fraction of sp³-hybridized carbons (Fsp3) is 0.783. The largest absolute Gasteiger partial charge is 0.481 e.